The number of hydrogen-bond donors (Lipinski definition) is 0. The fourth-order valence-corrected chi connectivity index (χ4v) is 0.980. The minimum absolute atomic E-state index is 0.541. The summed E-state index contributed by atoms with van der Waals surface area (Å²) in [5, 5.41) is 0. The lowest BCUT2D eigenvalue weighted by atomic mass is 9.96. The minimum Gasteiger partial charge on any atom is -0.0956 e. The van der Waals surface area contributed by atoms with Crippen molar-refractivity contribution in [2.75, 3.05) is 0 Å². The van der Waals surface area contributed by atoms with Gasteiger partial charge in [-0.3, -0.25) is 0 Å². The average molecular weight is 178 g/mol. The van der Waals surface area contributed by atoms with Crippen molar-refractivity contribution in [2.24, 2.45) is 11.8 Å². The first-order valence-electron chi connectivity index (χ1n) is 5.02. The van der Waals surface area contributed by atoms with E-state index in [1.807, 2.05) is 6.92 Å². The Labute approximate surface area is 83.0 Å². The van der Waals surface area contributed by atoms with Gasteiger partial charge in [0, 0.05) is 0 Å². The van der Waals surface area contributed by atoms with E-state index in [1.165, 1.54) is 11.1 Å². The molecular weight excluding hydrogens is 156 g/mol. The first kappa shape index (κ1) is 12.2. The molecule has 0 aliphatic rings. The van der Waals surface area contributed by atoms with Crippen LogP contribution < -0.4 is 0 Å². The third-order valence-corrected chi connectivity index (χ3v) is 2.12. The second-order valence-electron chi connectivity index (χ2n) is 4.03. The third-order valence-electron chi connectivity index (χ3n) is 2.12. The van der Waals surface area contributed by atoms with Crippen LogP contribution in [0.1, 0.15) is 34.6 Å². The van der Waals surface area contributed by atoms with Crippen LogP contribution in [0.2, 0.25) is 0 Å². The van der Waals surface area contributed by atoms with Gasteiger partial charge in [0.2, 0.25) is 0 Å². The Morgan fingerprint density at radius 1 is 1.08 bits per heavy atom. The Balaban J connectivity index is 4.63. The average Bonchev–Trinajstić information content (AvgIpc) is 2.03. The summed E-state index contributed by atoms with van der Waals surface area (Å²) in [5.41, 5.74) is 2.57. The molecule has 0 fully saturated rings. The highest BCUT2D eigenvalue weighted by atomic mass is 14.1. The molecule has 0 aromatic heterocycles. The van der Waals surface area contributed by atoms with Crippen molar-refractivity contribution in [3.63, 3.8) is 0 Å². The standard InChI is InChI=1S/C13H22/c1-7-8-13(11(4)5)9-12(6)10(2)3/h7-11H,6H2,1-5H3/b8-7-,13-9+. The molecule has 0 heteroatoms. The Morgan fingerprint density at radius 2 is 1.62 bits per heavy atom. The third kappa shape index (κ3) is 4.72. The van der Waals surface area contributed by atoms with E-state index in [2.05, 4.69) is 52.5 Å². The molecule has 0 atom stereocenters. The molecule has 0 aliphatic heterocycles. The number of hydrogen-bond acceptors (Lipinski definition) is 0. The summed E-state index contributed by atoms with van der Waals surface area (Å²) in [5.74, 6) is 1.12. The maximum atomic E-state index is 4.05. The van der Waals surface area contributed by atoms with E-state index in [4.69, 9.17) is 0 Å². The predicted molar refractivity (Wildman–Crippen MR) is 61.7 cm³/mol. The second kappa shape index (κ2) is 5.80. The van der Waals surface area contributed by atoms with E-state index >= 15 is 0 Å². The van der Waals surface area contributed by atoms with Crippen molar-refractivity contribution in [3.05, 3.63) is 36.0 Å². The Morgan fingerprint density at radius 3 is 1.92 bits per heavy atom. The lowest BCUT2D eigenvalue weighted by Crippen LogP contribution is -1.95. The summed E-state index contributed by atoms with van der Waals surface area (Å²) in [7, 11) is 0. The van der Waals surface area contributed by atoms with Crippen molar-refractivity contribution in [1.82, 2.24) is 0 Å². The largest absolute Gasteiger partial charge is 0.0956 e. The first-order chi connectivity index (χ1) is 5.99. The summed E-state index contributed by atoms with van der Waals surface area (Å²) >= 11 is 0. The van der Waals surface area contributed by atoms with E-state index in [1.54, 1.807) is 0 Å². The minimum atomic E-state index is 0.541. The highest BCUT2D eigenvalue weighted by Gasteiger charge is 2.01. The topological polar surface area (TPSA) is 0 Å². The normalized spacial score (nSPS) is 13.3. The van der Waals surface area contributed by atoms with Crippen molar-refractivity contribution in [2.45, 2.75) is 34.6 Å². The molecule has 0 saturated heterocycles. The monoisotopic (exact) mass is 178 g/mol. The van der Waals surface area contributed by atoms with Gasteiger partial charge in [0.1, 0.15) is 0 Å². The molecule has 0 aromatic carbocycles. The SMILES string of the molecule is C=C(/C=C(\C=C/C)C(C)C)C(C)C. The molecule has 0 heterocycles. The zero-order chi connectivity index (χ0) is 10.4. The van der Waals surface area contributed by atoms with E-state index in [9.17, 15) is 0 Å². The molecule has 0 aliphatic carbocycles. The van der Waals surface area contributed by atoms with Gasteiger partial charge in [0.25, 0.3) is 0 Å². The molecule has 74 valence electrons. The molecule has 0 aromatic rings. The summed E-state index contributed by atoms with van der Waals surface area (Å²) < 4.78 is 0. The van der Waals surface area contributed by atoms with Crippen LogP contribution in [0, 0.1) is 11.8 Å². The summed E-state index contributed by atoms with van der Waals surface area (Å²) in [6, 6.07) is 0. The van der Waals surface area contributed by atoms with Crippen LogP contribution in [0.3, 0.4) is 0 Å². The predicted octanol–water partition coefficient (Wildman–Crippen LogP) is 4.36. The van der Waals surface area contributed by atoms with Gasteiger partial charge in [0.05, 0.1) is 0 Å². The van der Waals surface area contributed by atoms with Crippen LogP contribution in [-0.4, -0.2) is 0 Å². The molecule has 0 nitrogen and oxygen atoms in total. The number of allylic oxidation sites excluding steroid dienone is 5. The van der Waals surface area contributed by atoms with Crippen LogP contribution >= 0.6 is 0 Å². The molecule has 0 rings (SSSR count). The Kier molecular flexibility index (Phi) is 5.45. The maximum Gasteiger partial charge on any atom is -0.0219 e. The summed E-state index contributed by atoms with van der Waals surface area (Å²) in [4.78, 5) is 0. The molecule has 0 amide bonds. The highest BCUT2D eigenvalue weighted by molar-refractivity contribution is 5.30. The van der Waals surface area contributed by atoms with Crippen LogP contribution in [-0.2, 0) is 0 Å². The zero-order valence-corrected chi connectivity index (χ0v) is 9.59. The summed E-state index contributed by atoms with van der Waals surface area (Å²) in [6.45, 7) is 14.9. The Bertz CT molecular complexity index is 214. The van der Waals surface area contributed by atoms with Gasteiger partial charge in [-0.2, -0.15) is 0 Å². The maximum absolute atomic E-state index is 4.05. The van der Waals surface area contributed by atoms with Crippen molar-refractivity contribution in [3.8, 4) is 0 Å². The van der Waals surface area contributed by atoms with Gasteiger partial charge in [-0.15, -0.1) is 0 Å². The van der Waals surface area contributed by atoms with E-state index in [-0.39, 0.29) is 0 Å². The molecule has 0 unspecified atom stereocenters. The van der Waals surface area contributed by atoms with Crippen LogP contribution in [0.25, 0.3) is 0 Å². The smallest absolute Gasteiger partial charge is 0.0219 e. The molecule has 0 radical (unpaired) electrons. The van der Waals surface area contributed by atoms with Crippen molar-refractivity contribution < 1.29 is 0 Å². The van der Waals surface area contributed by atoms with E-state index < -0.39 is 0 Å². The second-order valence-corrected chi connectivity index (χ2v) is 4.03. The first-order valence-corrected chi connectivity index (χ1v) is 5.02. The van der Waals surface area contributed by atoms with Gasteiger partial charge in [0.15, 0.2) is 0 Å². The molecule has 0 spiro atoms. The fraction of sp³-hybridized carbons (Fsp3) is 0.538. The molecular formula is C13H22. The molecule has 13 heavy (non-hydrogen) atoms. The molecule has 0 bridgehead atoms. The quantitative estimate of drug-likeness (QED) is 0.561. The van der Waals surface area contributed by atoms with Crippen molar-refractivity contribution >= 4 is 0 Å². The Hall–Kier alpha value is -0.780. The van der Waals surface area contributed by atoms with Gasteiger partial charge >= 0.3 is 0 Å². The van der Waals surface area contributed by atoms with Gasteiger partial charge < -0.3 is 0 Å². The molecule has 0 saturated carbocycles. The van der Waals surface area contributed by atoms with Gasteiger partial charge in [-0.05, 0) is 24.3 Å². The van der Waals surface area contributed by atoms with Gasteiger partial charge in [-0.1, -0.05) is 58.1 Å². The van der Waals surface area contributed by atoms with E-state index in [0.29, 0.717) is 11.8 Å². The number of rotatable bonds is 4. The lowest BCUT2D eigenvalue weighted by molar-refractivity contribution is 0.765. The highest BCUT2D eigenvalue weighted by Crippen LogP contribution is 2.17. The van der Waals surface area contributed by atoms with Crippen LogP contribution in [0.15, 0.2) is 36.0 Å². The van der Waals surface area contributed by atoms with Crippen LogP contribution in [0.4, 0.5) is 0 Å². The van der Waals surface area contributed by atoms with E-state index in [0.717, 1.165) is 0 Å². The van der Waals surface area contributed by atoms with Gasteiger partial charge in [-0.25, -0.2) is 0 Å². The molecule has 0 N–H and O–H groups in total. The zero-order valence-electron chi connectivity index (χ0n) is 9.59. The summed E-state index contributed by atoms with van der Waals surface area (Å²) in [6.07, 6.45) is 6.45. The van der Waals surface area contributed by atoms with Crippen molar-refractivity contribution in [1.29, 1.82) is 0 Å². The van der Waals surface area contributed by atoms with Crippen LogP contribution in [0.5, 0.6) is 0 Å². The fourth-order valence-electron chi connectivity index (χ4n) is 0.980. The lowest BCUT2D eigenvalue weighted by Gasteiger charge is -2.10.